The minimum atomic E-state index is -0.216. The number of amides is 1. The number of rotatable bonds is 5. The molecule has 6 rings (SSSR count). The Hall–Kier alpha value is -4.44. The summed E-state index contributed by atoms with van der Waals surface area (Å²) in [6.07, 6.45) is 3.52. The Morgan fingerprint density at radius 1 is 1.14 bits per heavy atom. The van der Waals surface area contributed by atoms with Crippen LogP contribution in [0, 0.1) is 0 Å². The molecule has 5 N–H and O–H groups in total. The van der Waals surface area contributed by atoms with Crippen molar-refractivity contribution in [1.29, 1.82) is 0 Å². The lowest BCUT2D eigenvalue weighted by molar-refractivity contribution is -0.664. The third-order valence-corrected chi connectivity index (χ3v) is 7.18. The number of aromatic nitrogens is 5. The Morgan fingerprint density at radius 2 is 1.95 bits per heavy atom. The number of nitrogens with one attached hydrogen (secondary N) is 1. The van der Waals surface area contributed by atoms with Gasteiger partial charge >= 0.3 is 0 Å². The molecule has 1 aliphatic rings. The second-order valence-electron chi connectivity index (χ2n) is 9.36. The quantitative estimate of drug-likeness (QED) is 0.342. The third kappa shape index (κ3) is 3.95. The SMILES string of the molecule is COc1cc(-c2nn(C3CC[NH2+]CC3)c3ncnc(N)c23)ccc1NC(=O)c1cc2ccccc2n1C. The number of fused-ring (bicyclic) bond motifs is 2. The minimum absolute atomic E-state index is 0.216. The summed E-state index contributed by atoms with van der Waals surface area (Å²) in [5.74, 6) is 0.696. The highest BCUT2D eigenvalue weighted by Gasteiger charge is 2.25. The van der Waals surface area contributed by atoms with Crippen molar-refractivity contribution >= 4 is 39.3 Å². The van der Waals surface area contributed by atoms with Gasteiger partial charge in [0.1, 0.15) is 29.3 Å². The summed E-state index contributed by atoms with van der Waals surface area (Å²) in [7, 11) is 3.47. The Bertz CT molecular complexity index is 1630. The maximum atomic E-state index is 13.2. The van der Waals surface area contributed by atoms with Crippen molar-refractivity contribution in [1.82, 2.24) is 24.3 Å². The molecule has 4 heterocycles. The van der Waals surface area contributed by atoms with Crippen molar-refractivity contribution in [3.8, 4) is 17.0 Å². The molecule has 3 aromatic heterocycles. The molecule has 0 bridgehead atoms. The van der Waals surface area contributed by atoms with E-state index in [-0.39, 0.29) is 11.9 Å². The summed E-state index contributed by atoms with van der Waals surface area (Å²) in [6.45, 7) is 2.11. The fourth-order valence-corrected chi connectivity index (χ4v) is 5.24. The lowest BCUT2D eigenvalue weighted by Crippen LogP contribution is -2.86. The third-order valence-electron chi connectivity index (χ3n) is 7.18. The highest BCUT2D eigenvalue weighted by Crippen LogP contribution is 2.37. The van der Waals surface area contributed by atoms with E-state index in [2.05, 4.69) is 20.6 Å². The number of hydrogen-bond acceptors (Lipinski definition) is 6. The van der Waals surface area contributed by atoms with Crippen LogP contribution in [0.4, 0.5) is 11.5 Å². The Kier molecular flexibility index (Phi) is 5.72. The number of quaternary nitrogens is 1. The first-order valence-electron chi connectivity index (χ1n) is 12.4. The van der Waals surface area contributed by atoms with E-state index >= 15 is 0 Å². The van der Waals surface area contributed by atoms with Gasteiger partial charge in [0.15, 0.2) is 5.65 Å². The predicted molar refractivity (Wildman–Crippen MR) is 143 cm³/mol. The largest absolute Gasteiger partial charge is 0.495 e. The zero-order chi connectivity index (χ0) is 25.5. The number of anilines is 2. The Morgan fingerprint density at radius 3 is 2.73 bits per heavy atom. The van der Waals surface area contributed by atoms with Gasteiger partial charge in [0, 0.05) is 36.4 Å². The van der Waals surface area contributed by atoms with Crippen LogP contribution in [0.1, 0.15) is 29.4 Å². The average molecular weight is 498 g/mol. The minimum Gasteiger partial charge on any atom is -0.495 e. The number of nitrogen functional groups attached to an aromatic ring is 1. The van der Waals surface area contributed by atoms with E-state index in [9.17, 15) is 4.79 Å². The first-order valence-corrected chi connectivity index (χ1v) is 12.4. The van der Waals surface area contributed by atoms with Crippen molar-refractivity contribution in [3.63, 3.8) is 0 Å². The average Bonchev–Trinajstić information content (AvgIpc) is 3.49. The molecule has 0 spiro atoms. The number of para-hydroxylation sites is 1. The smallest absolute Gasteiger partial charge is 0.272 e. The second-order valence-corrected chi connectivity index (χ2v) is 9.36. The highest BCUT2D eigenvalue weighted by atomic mass is 16.5. The highest BCUT2D eigenvalue weighted by molar-refractivity contribution is 6.07. The monoisotopic (exact) mass is 497 g/mol. The molecule has 0 atom stereocenters. The summed E-state index contributed by atoms with van der Waals surface area (Å²) >= 11 is 0. The molecular weight excluding hydrogens is 468 g/mol. The molecule has 0 aliphatic carbocycles. The number of ether oxygens (including phenoxy) is 1. The van der Waals surface area contributed by atoms with Crippen LogP contribution < -0.4 is 21.1 Å². The number of nitrogens with zero attached hydrogens (tertiary/aromatic N) is 5. The first kappa shape index (κ1) is 23.0. The molecule has 0 unspecified atom stereocenters. The van der Waals surface area contributed by atoms with Gasteiger partial charge in [0.2, 0.25) is 0 Å². The summed E-state index contributed by atoms with van der Waals surface area (Å²) < 4.78 is 9.56. The molecular formula is C27H29N8O2+. The van der Waals surface area contributed by atoms with E-state index in [1.807, 2.05) is 64.8 Å². The molecule has 0 radical (unpaired) electrons. The maximum absolute atomic E-state index is 13.2. The molecule has 2 aromatic carbocycles. The Labute approximate surface area is 213 Å². The van der Waals surface area contributed by atoms with Crippen LogP contribution in [-0.4, -0.2) is 50.4 Å². The molecule has 5 aromatic rings. The molecule has 0 saturated carbocycles. The number of nitrogens with two attached hydrogens (primary N) is 2. The van der Waals surface area contributed by atoms with Crippen LogP contribution in [0.2, 0.25) is 0 Å². The Balaban J connectivity index is 1.37. The van der Waals surface area contributed by atoms with E-state index < -0.39 is 0 Å². The van der Waals surface area contributed by atoms with E-state index in [0.29, 0.717) is 28.6 Å². The van der Waals surface area contributed by atoms with Gasteiger partial charge in [-0.3, -0.25) is 4.79 Å². The molecule has 37 heavy (non-hydrogen) atoms. The first-order chi connectivity index (χ1) is 18.0. The van der Waals surface area contributed by atoms with E-state index in [0.717, 1.165) is 53.4 Å². The van der Waals surface area contributed by atoms with Crippen LogP contribution in [0.15, 0.2) is 54.9 Å². The van der Waals surface area contributed by atoms with Crippen molar-refractivity contribution < 1.29 is 14.8 Å². The van der Waals surface area contributed by atoms with Crippen molar-refractivity contribution in [2.75, 3.05) is 31.2 Å². The van der Waals surface area contributed by atoms with Gasteiger partial charge in [-0.25, -0.2) is 14.6 Å². The second kappa shape index (κ2) is 9.21. The topological polar surface area (TPSA) is 129 Å². The van der Waals surface area contributed by atoms with Crippen molar-refractivity contribution in [3.05, 3.63) is 60.6 Å². The van der Waals surface area contributed by atoms with Crippen molar-refractivity contribution in [2.45, 2.75) is 18.9 Å². The summed E-state index contributed by atoms with van der Waals surface area (Å²) in [4.78, 5) is 21.9. The van der Waals surface area contributed by atoms with Gasteiger partial charge < -0.3 is 25.7 Å². The van der Waals surface area contributed by atoms with Gasteiger partial charge in [-0.15, -0.1) is 0 Å². The van der Waals surface area contributed by atoms with E-state index in [1.165, 1.54) is 6.33 Å². The van der Waals surface area contributed by atoms with Gasteiger partial charge in [-0.05, 0) is 24.3 Å². The van der Waals surface area contributed by atoms with Gasteiger partial charge in [0.25, 0.3) is 5.91 Å². The number of piperidine rings is 1. The van der Waals surface area contributed by atoms with Gasteiger partial charge in [-0.2, -0.15) is 5.10 Å². The zero-order valence-electron chi connectivity index (χ0n) is 20.8. The molecule has 10 heteroatoms. The van der Waals surface area contributed by atoms with E-state index in [1.54, 1.807) is 7.11 Å². The summed E-state index contributed by atoms with van der Waals surface area (Å²) in [5.41, 5.74) is 10.7. The van der Waals surface area contributed by atoms with Crippen LogP contribution >= 0.6 is 0 Å². The van der Waals surface area contributed by atoms with Crippen LogP contribution in [0.25, 0.3) is 33.2 Å². The summed E-state index contributed by atoms with van der Waals surface area (Å²) in [5, 5.41) is 12.0. The lowest BCUT2D eigenvalue weighted by Gasteiger charge is -2.21. The molecule has 10 nitrogen and oxygen atoms in total. The number of benzene rings is 2. The fourth-order valence-electron chi connectivity index (χ4n) is 5.24. The number of carbonyl (C=O) groups excluding carboxylic acids is 1. The van der Waals surface area contributed by atoms with Crippen LogP contribution in [-0.2, 0) is 7.05 Å². The van der Waals surface area contributed by atoms with Crippen molar-refractivity contribution in [2.24, 2.45) is 7.05 Å². The van der Waals surface area contributed by atoms with Crippen LogP contribution in [0.5, 0.6) is 5.75 Å². The molecule has 1 fully saturated rings. The fraction of sp³-hybridized carbons (Fsp3) is 0.259. The van der Waals surface area contributed by atoms with Gasteiger partial charge in [0.05, 0.1) is 37.3 Å². The van der Waals surface area contributed by atoms with E-state index in [4.69, 9.17) is 15.6 Å². The number of carbonyl (C=O) groups is 1. The molecule has 188 valence electrons. The van der Waals surface area contributed by atoms with Gasteiger partial charge in [-0.1, -0.05) is 24.3 Å². The lowest BCUT2D eigenvalue weighted by atomic mass is 10.1. The molecule has 1 aliphatic heterocycles. The predicted octanol–water partition coefficient (Wildman–Crippen LogP) is 2.73. The molecule has 1 saturated heterocycles. The summed E-state index contributed by atoms with van der Waals surface area (Å²) in [6, 6.07) is 15.7. The van der Waals surface area contributed by atoms with Crippen LogP contribution in [0.3, 0.4) is 0 Å². The standard InChI is InChI=1S/C27H28N8O2/c1-34-20-6-4-3-5-16(20)13-21(34)27(36)32-19-8-7-17(14-22(19)37-2)24-23-25(28)30-15-31-26(23)35(33-24)18-9-11-29-12-10-18/h3-8,13-15,18,29H,9-12H2,1-2H3,(H,32,36)(H2,28,30,31)/p+1. The number of methoxy groups -OCH3 is 1. The number of hydrogen-bond donors (Lipinski definition) is 3. The normalized spacial score (nSPS) is 14.3. The number of aryl methyl sites for hydroxylation is 1. The zero-order valence-corrected chi connectivity index (χ0v) is 20.8. The maximum Gasteiger partial charge on any atom is 0.272 e. The molecule has 1 amide bonds.